The Bertz CT molecular complexity index is 269. The Hall–Kier alpha value is -0.590. The van der Waals surface area contributed by atoms with Crippen LogP contribution in [0.1, 0.15) is 26.2 Å². The van der Waals surface area contributed by atoms with Gasteiger partial charge < -0.3 is 14.2 Å². The zero-order valence-electron chi connectivity index (χ0n) is 10.8. The smallest absolute Gasteiger partial charge is 0.346 e. The lowest BCUT2D eigenvalue weighted by Gasteiger charge is -2.15. The van der Waals surface area contributed by atoms with Gasteiger partial charge in [-0.25, -0.2) is 4.79 Å². The molecule has 0 saturated carbocycles. The summed E-state index contributed by atoms with van der Waals surface area (Å²) in [6.07, 6.45) is 4.65. The van der Waals surface area contributed by atoms with Gasteiger partial charge in [0.25, 0.3) is 0 Å². The van der Waals surface area contributed by atoms with Crippen molar-refractivity contribution < 1.29 is 19.0 Å². The standard InChI is InChI=1S/C12H20O4S2/c1-4-6-7-8-9-16-11(10(13)14-3)18-12(17)15-5-2/h4,11H,1,5-9H2,2-3H3. The van der Waals surface area contributed by atoms with Gasteiger partial charge in [0.2, 0.25) is 9.82 Å². The summed E-state index contributed by atoms with van der Waals surface area (Å²) in [7, 11) is 1.32. The van der Waals surface area contributed by atoms with Crippen molar-refractivity contribution in [1.29, 1.82) is 0 Å². The van der Waals surface area contributed by atoms with E-state index in [2.05, 4.69) is 11.3 Å². The van der Waals surface area contributed by atoms with Crippen LogP contribution in [0.5, 0.6) is 0 Å². The van der Waals surface area contributed by atoms with Crippen LogP contribution in [-0.2, 0) is 19.0 Å². The molecule has 104 valence electrons. The van der Waals surface area contributed by atoms with Gasteiger partial charge in [0.1, 0.15) is 0 Å². The predicted octanol–water partition coefficient (Wildman–Crippen LogP) is 2.91. The Labute approximate surface area is 118 Å². The van der Waals surface area contributed by atoms with E-state index in [9.17, 15) is 4.79 Å². The number of unbranched alkanes of at least 4 members (excludes halogenated alkanes) is 2. The monoisotopic (exact) mass is 292 g/mol. The van der Waals surface area contributed by atoms with Gasteiger partial charge in [0.15, 0.2) is 0 Å². The van der Waals surface area contributed by atoms with Crippen LogP contribution in [-0.4, -0.2) is 36.1 Å². The summed E-state index contributed by atoms with van der Waals surface area (Å²) in [5.74, 6) is -0.453. The van der Waals surface area contributed by atoms with Crippen molar-refractivity contribution in [3.05, 3.63) is 12.7 Å². The van der Waals surface area contributed by atoms with E-state index in [4.69, 9.17) is 21.7 Å². The number of carbonyl (C=O) groups excluding carboxylic acids is 1. The van der Waals surface area contributed by atoms with E-state index in [-0.39, 0.29) is 0 Å². The molecule has 0 aromatic carbocycles. The van der Waals surface area contributed by atoms with Crippen molar-refractivity contribution in [2.45, 2.75) is 31.6 Å². The third-order valence-corrected chi connectivity index (χ3v) is 3.19. The molecule has 1 unspecified atom stereocenters. The van der Waals surface area contributed by atoms with Crippen molar-refractivity contribution in [3.63, 3.8) is 0 Å². The summed E-state index contributed by atoms with van der Waals surface area (Å²) in [5.41, 5.74) is -0.752. The van der Waals surface area contributed by atoms with Gasteiger partial charge in [-0.15, -0.1) is 6.58 Å². The fraction of sp³-hybridized carbons (Fsp3) is 0.667. The quantitative estimate of drug-likeness (QED) is 0.214. The van der Waals surface area contributed by atoms with Gasteiger partial charge in [0, 0.05) is 6.61 Å². The third kappa shape index (κ3) is 8.49. The largest absolute Gasteiger partial charge is 0.479 e. The third-order valence-electron chi connectivity index (χ3n) is 1.93. The van der Waals surface area contributed by atoms with Gasteiger partial charge in [0.05, 0.1) is 13.7 Å². The van der Waals surface area contributed by atoms with E-state index in [0.717, 1.165) is 31.0 Å². The number of thioether (sulfide) groups is 1. The van der Waals surface area contributed by atoms with E-state index in [1.165, 1.54) is 7.11 Å². The molecule has 0 fully saturated rings. The molecule has 6 heteroatoms. The molecule has 0 spiro atoms. The van der Waals surface area contributed by atoms with E-state index in [0.29, 0.717) is 17.6 Å². The number of carbonyl (C=O) groups is 1. The highest BCUT2D eigenvalue weighted by Gasteiger charge is 2.23. The molecule has 0 aromatic heterocycles. The fourth-order valence-corrected chi connectivity index (χ4v) is 2.16. The van der Waals surface area contributed by atoms with E-state index in [1.807, 2.05) is 13.0 Å². The summed E-state index contributed by atoms with van der Waals surface area (Å²) in [6, 6.07) is 0. The molecule has 0 aliphatic heterocycles. The molecule has 0 aliphatic rings. The van der Waals surface area contributed by atoms with Gasteiger partial charge >= 0.3 is 5.97 Å². The molecule has 1 atom stereocenters. The van der Waals surface area contributed by atoms with Gasteiger partial charge in [-0.05, 0) is 50.2 Å². The highest BCUT2D eigenvalue weighted by molar-refractivity contribution is 8.23. The zero-order valence-corrected chi connectivity index (χ0v) is 12.5. The van der Waals surface area contributed by atoms with Crippen LogP contribution in [0.2, 0.25) is 0 Å². The van der Waals surface area contributed by atoms with Crippen molar-refractivity contribution in [3.8, 4) is 0 Å². The molecule has 0 saturated heterocycles. The highest BCUT2D eigenvalue weighted by atomic mass is 32.2. The van der Waals surface area contributed by atoms with Crippen LogP contribution in [0.15, 0.2) is 12.7 Å². The number of methoxy groups -OCH3 is 1. The average Bonchev–Trinajstić information content (AvgIpc) is 2.36. The summed E-state index contributed by atoms with van der Waals surface area (Å²) >= 11 is 6.01. The minimum Gasteiger partial charge on any atom is -0.479 e. The predicted molar refractivity (Wildman–Crippen MR) is 77.6 cm³/mol. The Morgan fingerprint density at radius 3 is 2.78 bits per heavy atom. The number of rotatable bonds is 9. The molecule has 0 rings (SSSR count). The summed E-state index contributed by atoms with van der Waals surface area (Å²) in [5, 5.41) is 0. The first-order valence-corrected chi connectivity index (χ1v) is 7.08. The van der Waals surface area contributed by atoms with Crippen LogP contribution >= 0.6 is 24.0 Å². The maximum absolute atomic E-state index is 11.5. The number of thiocarbonyl (C=S) groups is 1. The number of allylic oxidation sites excluding steroid dienone is 1. The van der Waals surface area contributed by atoms with E-state index in [1.54, 1.807) is 0 Å². The molecular formula is C12H20O4S2. The molecular weight excluding hydrogens is 272 g/mol. The minimum absolute atomic E-state index is 0.291. The lowest BCUT2D eigenvalue weighted by molar-refractivity contribution is -0.148. The molecule has 0 aliphatic carbocycles. The second kappa shape index (κ2) is 11.5. The summed E-state index contributed by atoms with van der Waals surface area (Å²) in [6.45, 7) is 6.42. The first-order chi connectivity index (χ1) is 8.65. The highest BCUT2D eigenvalue weighted by Crippen LogP contribution is 2.18. The number of hydrogen-bond donors (Lipinski definition) is 0. The van der Waals surface area contributed by atoms with Crippen molar-refractivity contribution in [1.82, 2.24) is 0 Å². The number of esters is 1. The van der Waals surface area contributed by atoms with Crippen LogP contribution in [0.4, 0.5) is 0 Å². The Morgan fingerprint density at radius 2 is 2.22 bits per heavy atom. The lowest BCUT2D eigenvalue weighted by atomic mass is 10.2. The topological polar surface area (TPSA) is 44.8 Å². The SMILES string of the molecule is C=CCCCCOC(SC(=S)OCC)C(=O)OC. The lowest BCUT2D eigenvalue weighted by Crippen LogP contribution is -2.24. The van der Waals surface area contributed by atoms with Gasteiger partial charge in [-0.3, -0.25) is 0 Å². The van der Waals surface area contributed by atoms with Crippen LogP contribution < -0.4 is 0 Å². The van der Waals surface area contributed by atoms with E-state index < -0.39 is 11.4 Å². The maximum atomic E-state index is 11.5. The maximum Gasteiger partial charge on any atom is 0.346 e. The van der Waals surface area contributed by atoms with Crippen LogP contribution in [0.3, 0.4) is 0 Å². The average molecular weight is 292 g/mol. The second-order valence-electron chi connectivity index (χ2n) is 3.31. The minimum atomic E-state index is -0.752. The molecule has 0 amide bonds. The Balaban J connectivity index is 4.03. The zero-order chi connectivity index (χ0) is 13.8. The number of hydrogen-bond acceptors (Lipinski definition) is 6. The Morgan fingerprint density at radius 1 is 1.50 bits per heavy atom. The van der Waals surface area contributed by atoms with Crippen LogP contribution in [0, 0.1) is 0 Å². The van der Waals surface area contributed by atoms with Crippen molar-refractivity contribution in [2.24, 2.45) is 0 Å². The molecule has 0 radical (unpaired) electrons. The van der Waals surface area contributed by atoms with Gasteiger partial charge in [-0.2, -0.15) is 0 Å². The molecule has 0 heterocycles. The molecule has 18 heavy (non-hydrogen) atoms. The second-order valence-corrected chi connectivity index (χ2v) is 4.98. The normalized spacial score (nSPS) is 11.7. The summed E-state index contributed by atoms with van der Waals surface area (Å²) < 4.78 is 15.5. The molecule has 0 bridgehead atoms. The molecule has 4 nitrogen and oxygen atoms in total. The van der Waals surface area contributed by atoms with Crippen molar-refractivity contribution in [2.75, 3.05) is 20.3 Å². The number of ether oxygens (including phenoxy) is 3. The molecule has 0 aromatic rings. The fourth-order valence-electron chi connectivity index (χ4n) is 1.07. The van der Waals surface area contributed by atoms with Gasteiger partial charge in [-0.1, -0.05) is 6.08 Å². The first-order valence-electron chi connectivity index (χ1n) is 5.79. The van der Waals surface area contributed by atoms with E-state index >= 15 is 0 Å². The molecule has 0 N–H and O–H groups in total. The first kappa shape index (κ1) is 17.4. The van der Waals surface area contributed by atoms with Crippen LogP contribution in [0.25, 0.3) is 0 Å². The van der Waals surface area contributed by atoms with Crippen molar-refractivity contribution >= 4 is 34.3 Å². The summed E-state index contributed by atoms with van der Waals surface area (Å²) in [4.78, 5) is 11.5. The Kier molecular flexibility index (Phi) is 11.1.